The number of halogens is 1. The molecule has 3 nitrogen and oxygen atoms in total. The Hall–Kier alpha value is -0.770. The molecule has 15 heavy (non-hydrogen) atoms. The van der Waals surface area contributed by atoms with Crippen molar-refractivity contribution in [2.45, 2.75) is 19.4 Å². The molecule has 1 atom stereocenters. The van der Waals surface area contributed by atoms with Crippen molar-refractivity contribution in [2.24, 2.45) is 5.73 Å². The number of hydrogen-bond acceptors (Lipinski definition) is 3. The van der Waals surface area contributed by atoms with Crippen LogP contribution in [0.15, 0.2) is 24.3 Å². The second-order valence-electron chi connectivity index (χ2n) is 3.23. The molecule has 1 aromatic rings. The van der Waals surface area contributed by atoms with E-state index < -0.39 is 0 Å². The first-order valence-corrected chi connectivity index (χ1v) is 4.84. The maximum absolute atomic E-state index is 8.81. The van der Waals surface area contributed by atoms with Gasteiger partial charge in [-0.1, -0.05) is 12.1 Å². The van der Waals surface area contributed by atoms with E-state index in [0.29, 0.717) is 13.0 Å². The van der Waals surface area contributed by atoms with Crippen LogP contribution < -0.4 is 10.5 Å². The Labute approximate surface area is 96.7 Å². The van der Waals surface area contributed by atoms with Gasteiger partial charge in [0.05, 0.1) is 13.2 Å². The molecule has 0 spiro atoms. The highest BCUT2D eigenvalue weighted by molar-refractivity contribution is 5.85. The molecule has 0 heterocycles. The molecule has 0 fully saturated rings. The lowest BCUT2D eigenvalue weighted by molar-refractivity contribution is 0.265. The minimum atomic E-state index is -0.188. The number of hydrogen-bond donors (Lipinski definition) is 2. The van der Waals surface area contributed by atoms with Crippen LogP contribution in [0.5, 0.6) is 5.75 Å². The van der Waals surface area contributed by atoms with E-state index in [9.17, 15) is 0 Å². The number of nitrogens with two attached hydrogens (primary N) is 1. The van der Waals surface area contributed by atoms with E-state index >= 15 is 0 Å². The second kappa shape index (κ2) is 7.51. The Bertz CT molecular complexity index is 281. The van der Waals surface area contributed by atoms with Crippen LogP contribution in [0.2, 0.25) is 0 Å². The average Bonchev–Trinajstić information content (AvgIpc) is 2.19. The fourth-order valence-corrected chi connectivity index (χ4v) is 1.30. The lowest BCUT2D eigenvalue weighted by atomic mass is 10.1. The van der Waals surface area contributed by atoms with Gasteiger partial charge in [-0.3, -0.25) is 0 Å². The number of rotatable bonds is 5. The Kier molecular flexibility index (Phi) is 7.13. The molecule has 0 amide bonds. The van der Waals surface area contributed by atoms with Gasteiger partial charge in [0.15, 0.2) is 0 Å². The van der Waals surface area contributed by atoms with Crippen LogP contribution in [0.3, 0.4) is 0 Å². The van der Waals surface area contributed by atoms with Crippen molar-refractivity contribution in [3.63, 3.8) is 0 Å². The van der Waals surface area contributed by atoms with Gasteiger partial charge in [0.2, 0.25) is 0 Å². The predicted octanol–water partition coefficient (Wildman–Crippen LogP) is 1.37. The topological polar surface area (TPSA) is 55.5 Å². The lowest BCUT2D eigenvalue weighted by Gasteiger charge is -2.09. The van der Waals surface area contributed by atoms with Crippen molar-refractivity contribution in [1.29, 1.82) is 0 Å². The van der Waals surface area contributed by atoms with Gasteiger partial charge in [-0.25, -0.2) is 0 Å². The molecule has 4 heteroatoms. The summed E-state index contributed by atoms with van der Waals surface area (Å²) in [5, 5.41) is 8.81. The number of aliphatic hydroxyl groups excluding tert-OH is 1. The van der Waals surface area contributed by atoms with Gasteiger partial charge in [0, 0.05) is 6.04 Å². The minimum Gasteiger partial charge on any atom is -0.494 e. The molecule has 1 aromatic carbocycles. The maximum Gasteiger partial charge on any atom is 0.119 e. The lowest BCUT2D eigenvalue weighted by Crippen LogP contribution is -2.26. The third kappa shape index (κ3) is 5.02. The van der Waals surface area contributed by atoms with Crippen LogP contribution in [0.25, 0.3) is 0 Å². The van der Waals surface area contributed by atoms with Gasteiger partial charge in [-0.05, 0) is 31.0 Å². The van der Waals surface area contributed by atoms with E-state index in [1.54, 1.807) is 0 Å². The van der Waals surface area contributed by atoms with Crippen molar-refractivity contribution in [3.05, 3.63) is 29.8 Å². The van der Waals surface area contributed by atoms with Gasteiger partial charge in [0.25, 0.3) is 0 Å². The van der Waals surface area contributed by atoms with Crippen molar-refractivity contribution in [3.8, 4) is 5.75 Å². The van der Waals surface area contributed by atoms with Crippen molar-refractivity contribution in [2.75, 3.05) is 13.2 Å². The van der Waals surface area contributed by atoms with E-state index in [-0.39, 0.29) is 25.1 Å². The molecule has 0 aliphatic heterocycles. The van der Waals surface area contributed by atoms with Crippen molar-refractivity contribution >= 4 is 12.4 Å². The largest absolute Gasteiger partial charge is 0.494 e. The summed E-state index contributed by atoms with van der Waals surface area (Å²) in [5.74, 6) is 0.857. The number of aliphatic hydroxyl groups is 1. The summed E-state index contributed by atoms with van der Waals surface area (Å²) < 4.78 is 5.36. The summed E-state index contributed by atoms with van der Waals surface area (Å²) >= 11 is 0. The van der Waals surface area contributed by atoms with E-state index in [0.717, 1.165) is 11.3 Å². The molecule has 0 aliphatic carbocycles. The first kappa shape index (κ1) is 14.2. The van der Waals surface area contributed by atoms with E-state index in [4.69, 9.17) is 15.6 Å². The molecule has 3 N–H and O–H groups in total. The second-order valence-corrected chi connectivity index (χ2v) is 3.23. The third-order valence-electron chi connectivity index (χ3n) is 1.94. The highest BCUT2D eigenvalue weighted by atomic mass is 35.5. The van der Waals surface area contributed by atoms with E-state index in [1.807, 2.05) is 31.2 Å². The molecule has 1 unspecified atom stereocenters. The Morgan fingerprint density at radius 3 is 2.80 bits per heavy atom. The van der Waals surface area contributed by atoms with Crippen molar-refractivity contribution < 1.29 is 9.84 Å². The summed E-state index contributed by atoms with van der Waals surface area (Å²) in [6.45, 7) is 2.63. The molecule has 86 valence electrons. The van der Waals surface area contributed by atoms with E-state index in [2.05, 4.69) is 0 Å². The standard InChI is InChI=1S/C11H17NO2.ClH/c1-2-14-11-5-3-4-9(7-11)6-10(12)8-13;/h3-5,7,10,13H,2,6,8,12H2,1H3;1H. The minimum absolute atomic E-state index is 0. The average molecular weight is 232 g/mol. The normalized spacial score (nSPS) is 11.7. The summed E-state index contributed by atoms with van der Waals surface area (Å²) in [6.07, 6.45) is 0.678. The van der Waals surface area contributed by atoms with Crippen LogP contribution in [-0.4, -0.2) is 24.4 Å². The molecular weight excluding hydrogens is 214 g/mol. The molecule has 0 radical (unpaired) electrons. The molecule has 0 saturated carbocycles. The number of benzene rings is 1. The number of ether oxygens (including phenoxy) is 1. The monoisotopic (exact) mass is 231 g/mol. The Morgan fingerprint density at radius 2 is 2.20 bits per heavy atom. The van der Waals surface area contributed by atoms with Crippen molar-refractivity contribution in [1.82, 2.24) is 0 Å². The molecule has 0 saturated heterocycles. The van der Waals surface area contributed by atoms with Gasteiger partial charge >= 0.3 is 0 Å². The van der Waals surface area contributed by atoms with Crippen LogP contribution in [0, 0.1) is 0 Å². The van der Waals surface area contributed by atoms with Gasteiger partial charge in [-0.15, -0.1) is 12.4 Å². The SMILES string of the molecule is CCOc1cccc(CC(N)CO)c1.Cl. The molecule has 0 aromatic heterocycles. The smallest absolute Gasteiger partial charge is 0.119 e. The summed E-state index contributed by atoms with van der Waals surface area (Å²) in [7, 11) is 0. The van der Waals surface area contributed by atoms with Crippen LogP contribution in [-0.2, 0) is 6.42 Å². The van der Waals surface area contributed by atoms with Crippen LogP contribution >= 0.6 is 12.4 Å². The fourth-order valence-electron chi connectivity index (χ4n) is 1.30. The van der Waals surface area contributed by atoms with Crippen LogP contribution in [0.1, 0.15) is 12.5 Å². The zero-order valence-corrected chi connectivity index (χ0v) is 9.67. The third-order valence-corrected chi connectivity index (χ3v) is 1.94. The fraction of sp³-hybridized carbons (Fsp3) is 0.455. The molecular formula is C11H18ClNO2. The first-order chi connectivity index (χ1) is 6.76. The molecule has 0 bridgehead atoms. The summed E-state index contributed by atoms with van der Waals surface area (Å²) in [5.41, 5.74) is 6.73. The predicted molar refractivity (Wildman–Crippen MR) is 63.6 cm³/mol. The van der Waals surface area contributed by atoms with Gasteiger partial charge in [0.1, 0.15) is 5.75 Å². The quantitative estimate of drug-likeness (QED) is 0.805. The Morgan fingerprint density at radius 1 is 1.47 bits per heavy atom. The molecule has 0 aliphatic rings. The van der Waals surface area contributed by atoms with E-state index in [1.165, 1.54) is 0 Å². The summed E-state index contributed by atoms with van der Waals surface area (Å²) in [6, 6.07) is 7.60. The zero-order chi connectivity index (χ0) is 10.4. The maximum atomic E-state index is 8.81. The van der Waals surface area contributed by atoms with Gasteiger partial charge in [-0.2, -0.15) is 0 Å². The van der Waals surface area contributed by atoms with Crippen LogP contribution in [0.4, 0.5) is 0 Å². The highest BCUT2D eigenvalue weighted by Gasteiger charge is 2.02. The summed E-state index contributed by atoms with van der Waals surface area (Å²) in [4.78, 5) is 0. The Balaban J connectivity index is 0.00000196. The highest BCUT2D eigenvalue weighted by Crippen LogP contribution is 2.14. The molecule has 1 rings (SSSR count). The van der Waals surface area contributed by atoms with Gasteiger partial charge < -0.3 is 15.6 Å². The first-order valence-electron chi connectivity index (χ1n) is 4.84. The zero-order valence-electron chi connectivity index (χ0n) is 8.85.